The molecule has 4 aliphatic carbocycles. The summed E-state index contributed by atoms with van der Waals surface area (Å²) in [6, 6.07) is 37.3. The van der Waals surface area contributed by atoms with Crippen LogP contribution in [0.1, 0.15) is 206 Å². The maximum Gasteiger partial charge on any atom is 0.264 e. The van der Waals surface area contributed by atoms with Crippen molar-refractivity contribution in [3.8, 4) is 11.1 Å². The second kappa shape index (κ2) is 14.6. The van der Waals surface area contributed by atoms with Crippen LogP contribution in [0.5, 0.6) is 0 Å². The molecule has 0 unspecified atom stereocenters. The Morgan fingerprint density at radius 1 is 0.386 bits per heavy atom. The van der Waals surface area contributed by atoms with Gasteiger partial charge in [-0.25, -0.2) is 0 Å². The van der Waals surface area contributed by atoms with Crippen molar-refractivity contribution < 1.29 is 0 Å². The van der Waals surface area contributed by atoms with Gasteiger partial charge in [0.15, 0.2) is 0 Å². The number of nitrogens with zero attached hydrogens (tertiary/aromatic N) is 2. The Bertz CT molecular complexity index is 3190. The summed E-state index contributed by atoms with van der Waals surface area (Å²) in [7, 11) is 0. The fraction of sp³-hybridized carbons (Fsp3) is 0.485. The molecule has 0 radical (unpaired) electrons. The van der Waals surface area contributed by atoms with Crippen LogP contribution in [-0.4, -0.2) is 6.71 Å². The molecule has 0 spiro atoms. The van der Waals surface area contributed by atoms with E-state index in [1.165, 1.54) is 140 Å². The van der Waals surface area contributed by atoms with Crippen molar-refractivity contribution in [2.24, 2.45) is 0 Å². The summed E-state index contributed by atoms with van der Waals surface area (Å²) in [5, 5.41) is 0. The first kappa shape index (κ1) is 46.5. The average molecular weight is 943 g/mol. The van der Waals surface area contributed by atoms with E-state index in [-0.39, 0.29) is 50.0 Å². The van der Waals surface area contributed by atoms with E-state index in [9.17, 15) is 0 Å². The number of benzene rings is 5. The third kappa shape index (κ3) is 6.62. The molecule has 0 N–H and O–H groups in total. The van der Waals surface area contributed by atoms with E-state index in [1.807, 2.05) is 0 Å². The molecule has 0 saturated heterocycles. The van der Waals surface area contributed by atoms with Gasteiger partial charge in [0.2, 0.25) is 0 Å². The van der Waals surface area contributed by atoms with Crippen LogP contribution in [0.25, 0.3) is 11.1 Å². The van der Waals surface area contributed by atoms with E-state index in [0.29, 0.717) is 0 Å². The topological polar surface area (TPSA) is 6.48 Å². The highest BCUT2D eigenvalue weighted by molar-refractivity contribution is 7.29. The number of hydrogen-bond acceptors (Lipinski definition) is 3. The zero-order valence-corrected chi connectivity index (χ0v) is 46.5. The summed E-state index contributed by atoms with van der Waals surface area (Å²) in [5.74, 6) is 0. The van der Waals surface area contributed by atoms with E-state index in [1.54, 1.807) is 16.0 Å². The van der Waals surface area contributed by atoms with Crippen molar-refractivity contribution in [2.45, 2.75) is 205 Å². The number of anilines is 6. The Hall–Kier alpha value is -4.54. The molecular weight excluding hydrogens is 864 g/mol. The summed E-state index contributed by atoms with van der Waals surface area (Å²) in [5.41, 5.74) is 24.9. The first-order chi connectivity index (χ1) is 32.6. The van der Waals surface area contributed by atoms with Crippen molar-refractivity contribution in [1.82, 2.24) is 0 Å². The highest BCUT2D eigenvalue weighted by Crippen LogP contribution is 2.59. The number of hydrogen-bond donors (Lipinski definition) is 0. The Labute approximate surface area is 426 Å². The molecule has 0 fully saturated rings. The summed E-state index contributed by atoms with van der Waals surface area (Å²) >= 11 is 2.17. The van der Waals surface area contributed by atoms with Crippen molar-refractivity contribution in [3.63, 3.8) is 0 Å². The van der Waals surface area contributed by atoms with Gasteiger partial charge in [-0.3, -0.25) is 0 Å². The van der Waals surface area contributed by atoms with Crippen LogP contribution >= 0.6 is 11.3 Å². The van der Waals surface area contributed by atoms with Crippen molar-refractivity contribution >= 4 is 67.9 Å². The van der Waals surface area contributed by atoms with Gasteiger partial charge in [-0.2, -0.15) is 11.3 Å². The third-order valence-electron chi connectivity index (χ3n) is 19.8. The fourth-order valence-electron chi connectivity index (χ4n) is 14.6. The molecule has 2 nitrogen and oxygen atoms in total. The lowest BCUT2D eigenvalue weighted by molar-refractivity contribution is 0.332. The third-order valence-corrected chi connectivity index (χ3v) is 21.4. The second-order valence-electron chi connectivity index (χ2n) is 28.4. The van der Waals surface area contributed by atoms with Crippen LogP contribution in [0, 0.1) is 0 Å². The van der Waals surface area contributed by atoms with Gasteiger partial charge in [0.25, 0.3) is 6.71 Å². The number of fused-ring (bicyclic) bond motifs is 9. The van der Waals surface area contributed by atoms with Gasteiger partial charge >= 0.3 is 0 Å². The fourth-order valence-corrected chi connectivity index (χ4v) is 16.3. The standard InChI is InChI=1S/C66H79BN2S/c1-59(2)26-28-61(5,6)46-36-42(22-24-44(46)59)68-51-39-49-48(63(9,10)30-31-64(49,11)12)38-50(51)67-55-52(68)34-41(40-20-18-17-19-21-40)35-53(55)69(43-23-25-45-47(37-43)62(7,8)29-27-60(45,3)4)56-54-57(70-58(56)67)66(15,16)33-32-65(54,13)14/h17-25,34-39H,26-33H2,1-16H3. The normalized spacial score (nSPS) is 22.7. The van der Waals surface area contributed by atoms with Crippen molar-refractivity contribution in [3.05, 3.63) is 135 Å². The summed E-state index contributed by atoms with van der Waals surface area (Å²) < 4.78 is 1.54. The minimum absolute atomic E-state index is 0.00907. The quantitative estimate of drug-likeness (QED) is 0.163. The Balaban J connectivity index is 1.25. The van der Waals surface area contributed by atoms with E-state index < -0.39 is 0 Å². The van der Waals surface area contributed by atoms with Gasteiger partial charge in [-0.05, 0) is 198 Å². The van der Waals surface area contributed by atoms with Gasteiger partial charge < -0.3 is 9.80 Å². The minimum atomic E-state index is 0.00907. The molecule has 1 aromatic heterocycles. The molecule has 2 aliphatic heterocycles. The molecule has 5 aromatic carbocycles. The van der Waals surface area contributed by atoms with Crippen LogP contribution in [0.4, 0.5) is 34.1 Å². The molecule has 3 heterocycles. The Kier molecular flexibility index (Phi) is 9.69. The van der Waals surface area contributed by atoms with Crippen molar-refractivity contribution in [1.29, 1.82) is 0 Å². The van der Waals surface area contributed by atoms with Gasteiger partial charge in [0, 0.05) is 38.1 Å². The minimum Gasteiger partial charge on any atom is -0.311 e. The molecule has 12 rings (SSSR count). The second-order valence-corrected chi connectivity index (χ2v) is 29.5. The smallest absolute Gasteiger partial charge is 0.264 e. The molecule has 70 heavy (non-hydrogen) atoms. The Morgan fingerprint density at radius 3 is 1.34 bits per heavy atom. The van der Waals surface area contributed by atoms with Crippen LogP contribution in [0.3, 0.4) is 0 Å². The first-order valence-electron chi connectivity index (χ1n) is 27.1. The SMILES string of the molecule is CC1(C)CCC(C)(C)c2cc(N3c4cc5c(cc4B4c6sc7c(c6N(c6ccc8c(c6)C(C)(C)CCC8(C)C)c6cc(-c8ccccc8)cc3c64)C(C)(C)CCC7(C)C)C(C)(C)CCC5(C)C)ccc21. The first-order valence-corrected chi connectivity index (χ1v) is 28.0. The molecule has 6 aromatic rings. The van der Waals surface area contributed by atoms with Crippen LogP contribution in [-0.2, 0) is 43.3 Å². The molecule has 0 atom stereocenters. The lowest BCUT2D eigenvalue weighted by Crippen LogP contribution is -2.61. The van der Waals surface area contributed by atoms with Crippen LogP contribution < -0.4 is 25.5 Å². The van der Waals surface area contributed by atoms with E-state index in [4.69, 9.17) is 0 Å². The monoisotopic (exact) mass is 943 g/mol. The number of thiophene rings is 1. The highest BCUT2D eigenvalue weighted by atomic mass is 32.1. The predicted molar refractivity (Wildman–Crippen MR) is 305 cm³/mol. The Morgan fingerprint density at radius 2 is 0.814 bits per heavy atom. The highest BCUT2D eigenvalue weighted by Gasteiger charge is 2.53. The zero-order valence-electron chi connectivity index (χ0n) is 45.7. The molecule has 6 aliphatic rings. The molecule has 0 amide bonds. The van der Waals surface area contributed by atoms with E-state index >= 15 is 0 Å². The zero-order chi connectivity index (χ0) is 49.7. The maximum absolute atomic E-state index is 2.82. The molecule has 362 valence electrons. The van der Waals surface area contributed by atoms with E-state index in [2.05, 4.69) is 223 Å². The van der Waals surface area contributed by atoms with Gasteiger partial charge in [0.1, 0.15) is 0 Å². The molecule has 0 saturated carbocycles. The van der Waals surface area contributed by atoms with Crippen LogP contribution in [0.15, 0.2) is 91.0 Å². The van der Waals surface area contributed by atoms with Crippen LogP contribution in [0.2, 0.25) is 0 Å². The van der Waals surface area contributed by atoms with Gasteiger partial charge in [-0.1, -0.05) is 159 Å². The van der Waals surface area contributed by atoms with E-state index in [0.717, 1.165) is 0 Å². The lowest BCUT2D eigenvalue weighted by Gasteiger charge is -2.48. The van der Waals surface area contributed by atoms with Gasteiger partial charge in [0.05, 0.1) is 5.69 Å². The summed E-state index contributed by atoms with van der Waals surface area (Å²) in [6.45, 7) is 40.2. The molecule has 4 heteroatoms. The van der Waals surface area contributed by atoms with Crippen molar-refractivity contribution in [2.75, 3.05) is 9.80 Å². The summed E-state index contributed by atoms with van der Waals surface area (Å²) in [6.07, 6.45) is 9.54. The summed E-state index contributed by atoms with van der Waals surface area (Å²) in [4.78, 5) is 7.18. The number of rotatable bonds is 3. The predicted octanol–water partition coefficient (Wildman–Crippen LogP) is 16.9. The average Bonchev–Trinajstić information content (AvgIpc) is 3.73. The molecule has 0 bridgehead atoms. The largest absolute Gasteiger partial charge is 0.311 e. The van der Waals surface area contributed by atoms with Gasteiger partial charge in [-0.15, -0.1) is 0 Å². The lowest BCUT2D eigenvalue weighted by atomic mass is 9.35. The maximum atomic E-state index is 2.82. The molecular formula is C66H79BN2S.